The smallest absolute Gasteiger partial charge is 0.262 e. The molecule has 6 rings (SSSR count). The number of anilines is 2. The van der Waals surface area contributed by atoms with Crippen molar-refractivity contribution in [3.8, 4) is 11.4 Å². The predicted molar refractivity (Wildman–Crippen MR) is 180 cm³/mol. The van der Waals surface area contributed by atoms with E-state index >= 15 is 0 Å². The number of carbonyl (C=O) groups is 1. The lowest BCUT2D eigenvalue weighted by Crippen LogP contribution is -2.29. The monoisotopic (exact) mass is 621 g/mol. The Bertz CT molecular complexity index is 1810. The van der Waals surface area contributed by atoms with Crippen LogP contribution in [0.5, 0.6) is 5.75 Å². The zero-order valence-corrected chi connectivity index (χ0v) is 26.2. The van der Waals surface area contributed by atoms with Gasteiger partial charge in [0.25, 0.3) is 5.91 Å². The Morgan fingerprint density at radius 2 is 1.73 bits per heavy atom. The van der Waals surface area contributed by atoms with Gasteiger partial charge in [-0.3, -0.25) is 9.78 Å². The van der Waals surface area contributed by atoms with Crippen molar-refractivity contribution in [2.45, 2.75) is 32.9 Å². The second-order valence-electron chi connectivity index (χ2n) is 10.7. The molecule has 1 amide bonds. The van der Waals surface area contributed by atoms with E-state index in [1.54, 1.807) is 6.20 Å². The number of nitrogens with one attached hydrogen (secondary N) is 2. The summed E-state index contributed by atoms with van der Waals surface area (Å²) in [5, 5.41) is 7.78. The number of para-hydroxylation sites is 1. The van der Waals surface area contributed by atoms with Gasteiger partial charge in [-0.05, 0) is 111 Å². The molecule has 2 N–H and O–H groups in total. The quantitative estimate of drug-likeness (QED) is 0.174. The summed E-state index contributed by atoms with van der Waals surface area (Å²) in [6.45, 7) is 6.20. The van der Waals surface area contributed by atoms with Crippen molar-refractivity contribution >= 4 is 46.2 Å². The van der Waals surface area contributed by atoms with Crippen LogP contribution in [0.15, 0.2) is 103 Å². The highest BCUT2D eigenvalue weighted by molar-refractivity contribution is 7.80. The Kier molecular flexibility index (Phi) is 8.37. The summed E-state index contributed by atoms with van der Waals surface area (Å²) in [4.78, 5) is 19.4. The van der Waals surface area contributed by atoms with Crippen molar-refractivity contribution in [3.05, 3.63) is 136 Å². The summed E-state index contributed by atoms with van der Waals surface area (Å²) in [7, 11) is 0. The van der Waals surface area contributed by atoms with Crippen molar-refractivity contribution in [1.29, 1.82) is 0 Å². The maximum atomic E-state index is 12.6. The van der Waals surface area contributed by atoms with Gasteiger partial charge in [-0.15, -0.1) is 0 Å². The van der Waals surface area contributed by atoms with Gasteiger partial charge in [0.2, 0.25) is 0 Å². The lowest BCUT2D eigenvalue weighted by atomic mass is 9.96. The summed E-state index contributed by atoms with van der Waals surface area (Å²) in [5.74, 6) is 0.406. The molecule has 0 bridgehead atoms. The third-order valence-electron chi connectivity index (χ3n) is 7.91. The van der Waals surface area contributed by atoms with Crippen LogP contribution in [0.1, 0.15) is 40.3 Å². The van der Waals surface area contributed by atoms with Gasteiger partial charge in [0.05, 0.1) is 17.8 Å². The average Bonchev–Trinajstić information content (AvgIpc) is 3.53. The number of nitrogens with zero attached hydrogens (tertiary/aromatic N) is 3. The number of halogens is 1. The fourth-order valence-corrected chi connectivity index (χ4v) is 6.33. The van der Waals surface area contributed by atoms with Crippen molar-refractivity contribution in [2.24, 2.45) is 0 Å². The fraction of sp³-hybridized carbons (Fsp3) is 0.171. The molecule has 0 saturated carbocycles. The lowest BCUT2D eigenvalue weighted by Gasteiger charge is -2.28. The van der Waals surface area contributed by atoms with Gasteiger partial charge >= 0.3 is 0 Å². The third-order valence-corrected chi connectivity index (χ3v) is 8.63. The highest BCUT2D eigenvalue weighted by Crippen LogP contribution is 2.44. The number of aryl methyl sites for hydroxylation is 1. The molecule has 1 aliphatic rings. The van der Waals surface area contributed by atoms with Crippen LogP contribution in [0.2, 0.25) is 5.02 Å². The summed E-state index contributed by atoms with van der Waals surface area (Å²) < 4.78 is 7.84. The van der Waals surface area contributed by atoms with Crippen molar-refractivity contribution in [3.63, 3.8) is 0 Å². The largest absolute Gasteiger partial charge is 0.484 e. The number of thiocarbonyl (C=S) groups is 1. The fourth-order valence-electron chi connectivity index (χ4n) is 5.81. The van der Waals surface area contributed by atoms with Crippen LogP contribution < -0.4 is 20.3 Å². The minimum atomic E-state index is -0.239. The Balaban J connectivity index is 1.32. The van der Waals surface area contributed by atoms with Gasteiger partial charge in [0.15, 0.2) is 11.7 Å². The van der Waals surface area contributed by atoms with Crippen LogP contribution in [0.4, 0.5) is 11.4 Å². The highest BCUT2D eigenvalue weighted by Gasteiger charge is 2.42. The molecule has 0 aliphatic carbocycles. The zero-order valence-electron chi connectivity index (χ0n) is 24.6. The Hall–Kier alpha value is -4.66. The minimum Gasteiger partial charge on any atom is -0.484 e. The number of rotatable bonds is 8. The van der Waals surface area contributed by atoms with E-state index in [9.17, 15) is 4.79 Å². The number of carbonyl (C=O) groups excluding carboxylic acids is 1. The van der Waals surface area contributed by atoms with Crippen LogP contribution >= 0.6 is 23.8 Å². The number of hydrogen-bond donors (Lipinski definition) is 2. The summed E-state index contributed by atoms with van der Waals surface area (Å²) in [6, 6.07) is 30.7. The van der Waals surface area contributed by atoms with Gasteiger partial charge < -0.3 is 24.8 Å². The van der Waals surface area contributed by atoms with Gasteiger partial charge in [0.1, 0.15) is 5.75 Å². The van der Waals surface area contributed by atoms with E-state index in [1.165, 1.54) is 0 Å². The van der Waals surface area contributed by atoms with Crippen LogP contribution in [0, 0.1) is 20.8 Å². The van der Waals surface area contributed by atoms with E-state index in [0.717, 1.165) is 44.6 Å². The number of ether oxygens (including phenoxy) is 1. The number of pyridine rings is 1. The molecule has 2 aromatic heterocycles. The predicted octanol–water partition coefficient (Wildman–Crippen LogP) is 7.65. The molecule has 44 heavy (non-hydrogen) atoms. The summed E-state index contributed by atoms with van der Waals surface area (Å²) in [5.41, 5.74) is 7.84. The first-order chi connectivity index (χ1) is 21.3. The molecule has 222 valence electrons. The molecule has 3 aromatic carbocycles. The first kappa shape index (κ1) is 29.4. The number of aromatic nitrogens is 2. The van der Waals surface area contributed by atoms with Crippen LogP contribution in [-0.2, 0) is 4.79 Å². The van der Waals surface area contributed by atoms with E-state index in [-0.39, 0.29) is 24.6 Å². The van der Waals surface area contributed by atoms with E-state index in [2.05, 4.69) is 46.1 Å². The molecule has 0 radical (unpaired) electrons. The van der Waals surface area contributed by atoms with E-state index < -0.39 is 0 Å². The number of benzene rings is 3. The topological polar surface area (TPSA) is 71.4 Å². The van der Waals surface area contributed by atoms with Crippen molar-refractivity contribution < 1.29 is 9.53 Å². The third kappa shape index (κ3) is 5.78. The molecular formula is C35H32ClN5O2S. The first-order valence-electron chi connectivity index (χ1n) is 14.3. The standard InChI is InChI=1S/C35H32ClN5O2S/c1-22-20-28(24(3)40(22)31-14-9-12-29(36)23(31)2)34-33(30-13-7-8-19-37-30)39-35(44)41(34)26-17-15-25(16-18-26)38-32(42)21-43-27-10-5-4-6-11-27/h4-20,33-34H,21H2,1-3H3,(H,38,42)(H,39,44)/t33-,34-/m1/s1. The van der Waals surface area contributed by atoms with Gasteiger partial charge in [0, 0.05) is 39.7 Å². The normalized spacial score (nSPS) is 16.1. The highest BCUT2D eigenvalue weighted by atomic mass is 35.5. The molecule has 7 nitrogen and oxygen atoms in total. The van der Waals surface area contributed by atoms with Crippen LogP contribution in [0.3, 0.4) is 0 Å². The lowest BCUT2D eigenvalue weighted by molar-refractivity contribution is -0.118. The number of hydrogen-bond acceptors (Lipinski definition) is 4. The average molecular weight is 622 g/mol. The molecule has 9 heteroatoms. The number of amides is 1. The van der Waals surface area contributed by atoms with Gasteiger partial charge in [-0.25, -0.2) is 0 Å². The second-order valence-corrected chi connectivity index (χ2v) is 11.5. The van der Waals surface area contributed by atoms with Crippen LogP contribution in [-0.4, -0.2) is 27.2 Å². The van der Waals surface area contributed by atoms with Gasteiger partial charge in [-0.2, -0.15) is 0 Å². The second kappa shape index (κ2) is 12.5. The molecule has 5 aromatic rings. The minimum absolute atomic E-state index is 0.0819. The molecule has 3 heterocycles. The summed E-state index contributed by atoms with van der Waals surface area (Å²) >= 11 is 12.5. The van der Waals surface area contributed by atoms with E-state index in [0.29, 0.717) is 16.5 Å². The first-order valence-corrected chi connectivity index (χ1v) is 15.1. The zero-order chi connectivity index (χ0) is 30.8. The maximum absolute atomic E-state index is 12.6. The molecule has 2 atom stereocenters. The molecular weight excluding hydrogens is 590 g/mol. The molecule has 1 aliphatic heterocycles. The van der Waals surface area contributed by atoms with E-state index in [4.69, 9.17) is 33.5 Å². The Morgan fingerprint density at radius 1 is 0.977 bits per heavy atom. The molecule has 0 unspecified atom stereocenters. The summed E-state index contributed by atoms with van der Waals surface area (Å²) in [6.07, 6.45) is 1.80. The Morgan fingerprint density at radius 3 is 2.45 bits per heavy atom. The van der Waals surface area contributed by atoms with Crippen LogP contribution in [0.25, 0.3) is 5.69 Å². The SMILES string of the molecule is Cc1c(Cl)cccc1-n1c(C)cc([C@@H]2[C@@H](c3ccccn3)NC(=S)N2c2ccc(NC(=O)COc3ccccc3)cc2)c1C. The van der Waals surface area contributed by atoms with E-state index in [1.807, 2.05) is 91.9 Å². The molecule has 0 spiro atoms. The molecule has 1 saturated heterocycles. The Labute approximate surface area is 267 Å². The molecule has 1 fully saturated rings. The maximum Gasteiger partial charge on any atom is 0.262 e. The van der Waals surface area contributed by atoms with Crippen molar-refractivity contribution in [2.75, 3.05) is 16.8 Å². The van der Waals surface area contributed by atoms with Gasteiger partial charge in [-0.1, -0.05) is 41.9 Å². The van der Waals surface area contributed by atoms with Crippen molar-refractivity contribution in [1.82, 2.24) is 14.9 Å².